The molecule has 0 amide bonds. The van der Waals surface area contributed by atoms with Gasteiger partial charge in [-0.15, -0.1) is 0 Å². The molecule has 1 aromatic rings. The molecule has 0 saturated carbocycles. The molecule has 13 nitrogen and oxygen atoms in total. The van der Waals surface area contributed by atoms with Gasteiger partial charge in [0.05, 0.1) is 18.4 Å². The molecular weight excluding hydrogens is 478 g/mol. The summed E-state index contributed by atoms with van der Waals surface area (Å²) in [5, 5.41) is 58.6. The minimum Gasteiger partial charge on any atom is -0.619 e. The number of likely N-dealkylation sites (tertiary alicyclic amines) is 1. The van der Waals surface area contributed by atoms with Crippen molar-refractivity contribution in [1.82, 2.24) is 4.90 Å². The maximum absolute atomic E-state index is 11.1. The molecule has 1 aliphatic rings. The van der Waals surface area contributed by atoms with E-state index in [1.165, 1.54) is 31.7 Å². The van der Waals surface area contributed by atoms with E-state index in [1.54, 1.807) is 12.1 Å². The molecule has 1 saturated heterocycles. The van der Waals surface area contributed by atoms with E-state index < -0.39 is 42.5 Å². The molecule has 0 spiro atoms. The van der Waals surface area contributed by atoms with E-state index in [9.17, 15) is 24.7 Å². The van der Waals surface area contributed by atoms with Gasteiger partial charge in [-0.3, -0.25) is 9.59 Å². The minimum absolute atomic E-state index is 0.0803. The van der Waals surface area contributed by atoms with Gasteiger partial charge in [-0.2, -0.15) is 4.73 Å². The lowest BCUT2D eigenvalue weighted by Gasteiger charge is -2.27. The molecule has 1 atom stereocenters. The van der Waals surface area contributed by atoms with E-state index in [-0.39, 0.29) is 11.8 Å². The normalized spacial score (nSPS) is 15.6. The van der Waals surface area contributed by atoms with Crippen LogP contribution in [-0.4, -0.2) is 91.5 Å². The van der Waals surface area contributed by atoms with Gasteiger partial charge in [-0.1, -0.05) is 23.2 Å². The molecule has 0 aliphatic carbocycles. The Morgan fingerprint density at radius 2 is 1.76 bits per heavy atom. The van der Waals surface area contributed by atoms with E-state index in [2.05, 4.69) is 10.1 Å². The number of aromatic nitrogens is 1. The van der Waals surface area contributed by atoms with Crippen molar-refractivity contribution in [3.63, 3.8) is 0 Å². The lowest BCUT2D eigenvalue weighted by Crippen LogP contribution is -2.42. The van der Waals surface area contributed by atoms with Crippen LogP contribution in [-0.2, 0) is 19.2 Å². The van der Waals surface area contributed by atoms with Crippen LogP contribution in [0.2, 0.25) is 0 Å². The zero-order valence-corrected chi connectivity index (χ0v) is 19.0. The molecule has 1 fully saturated rings. The zero-order chi connectivity index (χ0) is 25.7. The highest BCUT2D eigenvalue weighted by Crippen LogP contribution is 2.15. The standard InChI is InChI=1S/C14H20ClN3O3.C6H8O7/c15-14(12-5-4-8-18(20)9-12)16-21-11-13(19)10-17-6-2-1-3-7-17;7-3(8)1-6(13,5(11)12)2-4(9)10/h4-5,8-9,13,19H,1-3,6-7,10-11H2;13H,1-2H2,(H,7,8)(H,9,10)(H,11,12)/t13-;/m1./s1. The van der Waals surface area contributed by atoms with Gasteiger partial charge in [0.1, 0.15) is 12.7 Å². The average molecular weight is 506 g/mol. The van der Waals surface area contributed by atoms with Gasteiger partial charge < -0.3 is 40.5 Å². The predicted molar refractivity (Wildman–Crippen MR) is 117 cm³/mol. The largest absolute Gasteiger partial charge is 0.619 e. The lowest BCUT2D eigenvalue weighted by atomic mass is 9.96. The van der Waals surface area contributed by atoms with Crippen LogP contribution in [0.3, 0.4) is 0 Å². The van der Waals surface area contributed by atoms with Gasteiger partial charge in [0.2, 0.25) is 0 Å². The molecule has 2 rings (SSSR count). The van der Waals surface area contributed by atoms with Crippen LogP contribution in [0.5, 0.6) is 0 Å². The van der Waals surface area contributed by atoms with Gasteiger partial charge in [0.15, 0.2) is 23.2 Å². The van der Waals surface area contributed by atoms with Crippen molar-refractivity contribution >= 4 is 34.7 Å². The van der Waals surface area contributed by atoms with Crippen molar-refractivity contribution in [1.29, 1.82) is 0 Å². The topological polar surface area (TPSA) is 204 Å². The summed E-state index contributed by atoms with van der Waals surface area (Å²) in [7, 11) is 0. The summed E-state index contributed by atoms with van der Waals surface area (Å²) in [6.45, 7) is 2.71. The third-order valence-electron chi connectivity index (χ3n) is 4.63. The van der Waals surface area contributed by atoms with Crippen LogP contribution in [0.1, 0.15) is 37.7 Å². The molecule has 2 heterocycles. The number of rotatable bonds is 11. The van der Waals surface area contributed by atoms with Crippen LogP contribution in [0.4, 0.5) is 0 Å². The van der Waals surface area contributed by atoms with E-state index in [4.69, 9.17) is 36.9 Å². The molecule has 190 valence electrons. The number of pyridine rings is 1. The Kier molecular flexibility index (Phi) is 12.2. The van der Waals surface area contributed by atoms with E-state index in [0.717, 1.165) is 13.1 Å². The fourth-order valence-electron chi connectivity index (χ4n) is 3.02. The monoisotopic (exact) mass is 505 g/mol. The Labute approximate surface area is 200 Å². The first kappa shape index (κ1) is 29.0. The molecular formula is C20H28ClN3O10. The molecule has 0 unspecified atom stereocenters. The molecule has 5 N–H and O–H groups in total. The summed E-state index contributed by atoms with van der Waals surface area (Å²) in [6, 6.07) is 3.24. The van der Waals surface area contributed by atoms with E-state index >= 15 is 0 Å². The van der Waals surface area contributed by atoms with Crippen molar-refractivity contribution in [3.05, 3.63) is 35.3 Å². The maximum atomic E-state index is 11.1. The second kappa shape index (κ2) is 14.3. The number of nitrogens with zero attached hydrogens (tertiary/aromatic N) is 3. The van der Waals surface area contributed by atoms with Crippen molar-refractivity contribution in [2.75, 3.05) is 26.2 Å². The zero-order valence-electron chi connectivity index (χ0n) is 18.2. The first-order valence-electron chi connectivity index (χ1n) is 10.3. The quantitative estimate of drug-likeness (QED) is 0.115. The highest BCUT2D eigenvalue weighted by molar-refractivity contribution is 6.69. The third kappa shape index (κ3) is 11.2. The number of β-amino-alcohol motifs (C(OH)–C–C–N with tert-alkyl or cyclic N) is 1. The second-order valence-corrected chi connectivity index (χ2v) is 7.98. The summed E-state index contributed by atoms with van der Waals surface area (Å²) in [4.78, 5) is 37.8. The van der Waals surface area contributed by atoms with Crippen LogP contribution < -0.4 is 4.73 Å². The van der Waals surface area contributed by atoms with Gasteiger partial charge in [-0.05, 0) is 32.0 Å². The number of piperidine rings is 1. The van der Waals surface area contributed by atoms with Gasteiger partial charge in [-0.25, -0.2) is 4.79 Å². The number of carbonyl (C=O) groups is 3. The molecule has 1 aromatic heterocycles. The fourth-order valence-corrected chi connectivity index (χ4v) is 3.18. The SMILES string of the molecule is O=C(O)CC(O)(CC(=O)O)C(=O)O.[O-][n+]1cccc(C(Cl)=NOC[C@H](O)CN2CCCCC2)c1. The Balaban J connectivity index is 0.000000385. The van der Waals surface area contributed by atoms with Crippen LogP contribution in [0.25, 0.3) is 0 Å². The van der Waals surface area contributed by atoms with Crippen molar-refractivity contribution in [3.8, 4) is 0 Å². The van der Waals surface area contributed by atoms with Gasteiger partial charge >= 0.3 is 17.9 Å². The highest BCUT2D eigenvalue weighted by atomic mass is 35.5. The number of oxime groups is 1. The number of hydrogen-bond donors (Lipinski definition) is 5. The molecule has 1 aliphatic heterocycles. The summed E-state index contributed by atoms with van der Waals surface area (Å²) in [5.74, 6) is -5.02. The number of hydrogen-bond acceptors (Lipinski definition) is 9. The number of aliphatic hydroxyl groups excluding tert-OH is 1. The Bertz CT molecular complexity index is 845. The van der Waals surface area contributed by atoms with Crippen molar-refractivity contribution < 1.29 is 49.5 Å². The molecule has 0 bridgehead atoms. The summed E-state index contributed by atoms with van der Waals surface area (Å²) in [6.07, 6.45) is 3.40. The fraction of sp³-hybridized carbons (Fsp3) is 0.550. The van der Waals surface area contributed by atoms with Crippen LogP contribution >= 0.6 is 11.6 Å². The van der Waals surface area contributed by atoms with Gasteiger partial charge in [0, 0.05) is 12.6 Å². The Morgan fingerprint density at radius 1 is 1.18 bits per heavy atom. The molecule has 14 heteroatoms. The van der Waals surface area contributed by atoms with Crippen LogP contribution in [0.15, 0.2) is 29.7 Å². The summed E-state index contributed by atoms with van der Waals surface area (Å²) < 4.78 is 0.637. The minimum atomic E-state index is -2.74. The Morgan fingerprint density at radius 3 is 2.26 bits per heavy atom. The Hall–Kier alpha value is -3.00. The summed E-state index contributed by atoms with van der Waals surface area (Å²) in [5.41, 5.74) is -2.27. The second-order valence-electron chi connectivity index (χ2n) is 7.62. The predicted octanol–water partition coefficient (Wildman–Crippen LogP) is -0.165. The highest BCUT2D eigenvalue weighted by Gasteiger charge is 2.40. The van der Waals surface area contributed by atoms with Crippen LogP contribution in [0, 0.1) is 5.21 Å². The number of carboxylic acid groups (broad SMARTS) is 3. The number of carboxylic acids is 3. The molecule has 0 radical (unpaired) electrons. The molecule has 34 heavy (non-hydrogen) atoms. The lowest BCUT2D eigenvalue weighted by molar-refractivity contribution is -0.605. The van der Waals surface area contributed by atoms with Gasteiger partial charge in [0.25, 0.3) is 0 Å². The van der Waals surface area contributed by atoms with E-state index in [1.807, 2.05) is 0 Å². The first-order valence-corrected chi connectivity index (χ1v) is 10.6. The number of aliphatic carboxylic acids is 3. The third-order valence-corrected chi connectivity index (χ3v) is 4.92. The van der Waals surface area contributed by atoms with E-state index in [0.29, 0.717) is 16.8 Å². The summed E-state index contributed by atoms with van der Waals surface area (Å²) >= 11 is 5.93. The first-order chi connectivity index (χ1) is 15.9. The molecule has 0 aromatic carbocycles. The number of halogens is 1. The average Bonchev–Trinajstić information content (AvgIpc) is 2.73. The van der Waals surface area contributed by atoms with Crippen molar-refractivity contribution in [2.24, 2.45) is 5.16 Å². The smallest absolute Gasteiger partial charge is 0.336 e. The maximum Gasteiger partial charge on any atom is 0.336 e. The number of aliphatic hydroxyl groups is 2. The van der Waals surface area contributed by atoms with Crippen molar-refractivity contribution in [2.45, 2.75) is 43.8 Å².